The zero-order valence-corrected chi connectivity index (χ0v) is 14.1. The fraction of sp³-hybridized carbons (Fsp3) is 0.444. The summed E-state index contributed by atoms with van der Waals surface area (Å²) >= 11 is 0. The van der Waals surface area contributed by atoms with Crippen molar-refractivity contribution in [3.05, 3.63) is 48.0 Å². The zero-order valence-electron chi connectivity index (χ0n) is 14.1. The van der Waals surface area contributed by atoms with Crippen LogP contribution in [0.3, 0.4) is 0 Å². The van der Waals surface area contributed by atoms with Gasteiger partial charge in [-0.25, -0.2) is 0 Å². The van der Waals surface area contributed by atoms with Crippen LogP contribution in [-0.4, -0.2) is 37.9 Å². The maximum absolute atomic E-state index is 12.6. The van der Waals surface area contributed by atoms with E-state index in [-0.39, 0.29) is 30.6 Å². The third-order valence-electron chi connectivity index (χ3n) is 4.49. The normalized spacial score (nSPS) is 20.3. The quantitative estimate of drug-likeness (QED) is 0.791. The molecule has 0 radical (unpaired) electrons. The van der Waals surface area contributed by atoms with Crippen LogP contribution in [0.2, 0.25) is 0 Å². The van der Waals surface area contributed by atoms with Gasteiger partial charge in [0.15, 0.2) is 5.78 Å². The Bertz CT molecular complexity index is 726. The molecule has 3 rings (SSSR count). The molecule has 1 aliphatic heterocycles. The molecular weight excluding hydrogens is 304 g/mol. The molecule has 1 amide bonds. The highest BCUT2D eigenvalue weighted by Crippen LogP contribution is 2.35. The van der Waals surface area contributed by atoms with E-state index in [0.717, 1.165) is 18.5 Å². The molecule has 1 aliphatic rings. The van der Waals surface area contributed by atoms with Gasteiger partial charge in [0.1, 0.15) is 0 Å². The highest BCUT2D eigenvalue weighted by molar-refractivity contribution is 5.97. The van der Waals surface area contributed by atoms with Crippen molar-refractivity contribution in [1.29, 1.82) is 0 Å². The van der Waals surface area contributed by atoms with Gasteiger partial charge in [0.2, 0.25) is 5.91 Å². The Morgan fingerprint density at radius 3 is 2.79 bits per heavy atom. The SMILES string of the molecule is C[C@H]1C[C@@H](c2cccnc2)N(C(=O)CCC(=O)c2cnn(C)c2)C1. The Hall–Kier alpha value is -2.50. The summed E-state index contributed by atoms with van der Waals surface area (Å²) in [4.78, 5) is 30.9. The van der Waals surface area contributed by atoms with E-state index in [2.05, 4.69) is 17.0 Å². The van der Waals surface area contributed by atoms with E-state index < -0.39 is 0 Å². The van der Waals surface area contributed by atoms with E-state index >= 15 is 0 Å². The minimum absolute atomic E-state index is 0.0328. The monoisotopic (exact) mass is 326 g/mol. The van der Waals surface area contributed by atoms with Crippen LogP contribution in [0.15, 0.2) is 36.9 Å². The molecule has 6 heteroatoms. The summed E-state index contributed by atoms with van der Waals surface area (Å²) in [5, 5.41) is 4.00. The van der Waals surface area contributed by atoms with Gasteiger partial charge in [0.05, 0.1) is 17.8 Å². The number of hydrogen-bond acceptors (Lipinski definition) is 4. The molecule has 0 N–H and O–H groups in total. The van der Waals surface area contributed by atoms with Gasteiger partial charge < -0.3 is 4.90 Å². The summed E-state index contributed by atoms with van der Waals surface area (Å²) in [7, 11) is 1.77. The summed E-state index contributed by atoms with van der Waals surface area (Å²) in [5.74, 6) is 0.445. The second-order valence-electron chi connectivity index (χ2n) is 6.51. The van der Waals surface area contributed by atoms with Crippen LogP contribution in [-0.2, 0) is 11.8 Å². The number of aryl methyl sites for hydroxylation is 1. The van der Waals surface area contributed by atoms with E-state index in [0.29, 0.717) is 11.5 Å². The second-order valence-corrected chi connectivity index (χ2v) is 6.51. The highest BCUT2D eigenvalue weighted by Gasteiger charge is 2.34. The highest BCUT2D eigenvalue weighted by atomic mass is 16.2. The van der Waals surface area contributed by atoms with Crippen molar-refractivity contribution in [3.63, 3.8) is 0 Å². The molecule has 1 fully saturated rings. The number of rotatable bonds is 5. The number of likely N-dealkylation sites (tertiary alicyclic amines) is 1. The fourth-order valence-corrected chi connectivity index (χ4v) is 3.28. The van der Waals surface area contributed by atoms with Gasteiger partial charge in [-0.1, -0.05) is 13.0 Å². The molecule has 2 aromatic heterocycles. The molecule has 0 saturated carbocycles. The Kier molecular flexibility index (Phi) is 4.74. The molecule has 24 heavy (non-hydrogen) atoms. The van der Waals surface area contributed by atoms with Gasteiger partial charge in [-0.05, 0) is 24.0 Å². The van der Waals surface area contributed by atoms with E-state index in [9.17, 15) is 9.59 Å². The van der Waals surface area contributed by atoms with Gasteiger partial charge in [0, 0.05) is 45.0 Å². The average Bonchev–Trinajstić information content (AvgIpc) is 3.19. The van der Waals surface area contributed by atoms with Crippen LogP contribution in [0.1, 0.15) is 48.1 Å². The lowest BCUT2D eigenvalue weighted by Crippen LogP contribution is -2.31. The Morgan fingerprint density at radius 2 is 2.12 bits per heavy atom. The van der Waals surface area contributed by atoms with Crippen molar-refractivity contribution in [2.75, 3.05) is 6.54 Å². The number of ketones is 1. The summed E-state index contributed by atoms with van der Waals surface area (Å²) < 4.78 is 1.59. The third kappa shape index (κ3) is 3.53. The van der Waals surface area contributed by atoms with Gasteiger partial charge >= 0.3 is 0 Å². The first-order valence-electron chi connectivity index (χ1n) is 8.26. The molecule has 2 atom stereocenters. The predicted octanol–water partition coefficient (Wildman–Crippen LogP) is 2.39. The van der Waals surface area contributed by atoms with E-state index in [4.69, 9.17) is 0 Å². The Balaban J connectivity index is 1.64. The van der Waals surface area contributed by atoms with Gasteiger partial charge in [0.25, 0.3) is 0 Å². The Morgan fingerprint density at radius 1 is 1.29 bits per heavy atom. The molecule has 2 aromatic rings. The Labute approximate surface area is 141 Å². The zero-order chi connectivity index (χ0) is 17.1. The fourth-order valence-electron chi connectivity index (χ4n) is 3.28. The first-order chi connectivity index (χ1) is 11.5. The summed E-state index contributed by atoms with van der Waals surface area (Å²) in [6.07, 6.45) is 8.18. The van der Waals surface area contributed by atoms with Crippen molar-refractivity contribution in [2.45, 2.75) is 32.2 Å². The number of aromatic nitrogens is 3. The number of hydrogen-bond donors (Lipinski definition) is 0. The predicted molar refractivity (Wildman–Crippen MR) is 89.2 cm³/mol. The molecule has 0 unspecified atom stereocenters. The van der Waals surface area contributed by atoms with Crippen molar-refractivity contribution < 1.29 is 9.59 Å². The number of amides is 1. The van der Waals surface area contributed by atoms with E-state index in [1.165, 1.54) is 0 Å². The van der Waals surface area contributed by atoms with Crippen LogP contribution in [0.25, 0.3) is 0 Å². The van der Waals surface area contributed by atoms with Crippen molar-refractivity contribution in [1.82, 2.24) is 19.7 Å². The van der Waals surface area contributed by atoms with Crippen LogP contribution in [0.4, 0.5) is 0 Å². The molecule has 0 aliphatic carbocycles. The van der Waals surface area contributed by atoms with Crippen LogP contribution < -0.4 is 0 Å². The van der Waals surface area contributed by atoms with Gasteiger partial charge in [-0.3, -0.25) is 19.3 Å². The summed E-state index contributed by atoms with van der Waals surface area (Å²) in [6, 6.07) is 3.97. The maximum atomic E-state index is 12.6. The maximum Gasteiger partial charge on any atom is 0.223 e. The summed E-state index contributed by atoms with van der Waals surface area (Å²) in [5.41, 5.74) is 1.62. The van der Waals surface area contributed by atoms with Crippen LogP contribution in [0.5, 0.6) is 0 Å². The van der Waals surface area contributed by atoms with Gasteiger partial charge in [-0.2, -0.15) is 5.10 Å². The average molecular weight is 326 g/mol. The van der Waals surface area contributed by atoms with Crippen LogP contribution in [0, 0.1) is 5.92 Å². The van der Waals surface area contributed by atoms with Gasteiger partial charge in [-0.15, -0.1) is 0 Å². The lowest BCUT2D eigenvalue weighted by atomic mass is 10.0. The van der Waals surface area contributed by atoms with E-state index in [1.54, 1.807) is 30.3 Å². The second kappa shape index (κ2) is 6.95. The van der Waals surface area contributed by atoms with E-state index in [1.807, 2.05) is 23.2 Å². The molecule has 3 heterocycles. The third-order valence-corrected chi connectivity index (χ3v) is 4.49. The molecule has 0 aromatic carbocycles. The molecule has 0 bridgehead atoms. The number of pyridine rings is 1. The minimum atomic E-state index is -0.0402. The van der Waals surface area contributed by atoms with Crippen LogP contribution >= 0.6 is 0 Å². The van der Waals surface area contributed by atoms with Crippen molar-refractivity contribution in [2.24, 2.45) is 13.0 Å². The first kappa shape index (κ1) is 16.4. The molecule has 6 nitrogen and oxygen atoms in total. The van der Waals surface area contributed by atoms with Crippen molar-refractivity contribution in [3.8, 4) is 0 Å². The number of Topliss-reactive ketones (excluding diaryl/α,β-unsaturated/α-hetero) is 1. The summed E-state index contributed by atoms with van der Waals surface area (Å²) in [6.45, 7) is 2.89. The topological polar surface area (TPSA) is 68.1 Å². The molecular formula is C18H22N4O2. The standard InChI is InChI=1S/C18H22N4O2/c1-13-8-16(14-4-3-7-19-9-14)22(11-13)18(24)6-5-17(23)15-10-20-21(2)12-15/h3-4,7,9-10,12-13,16H,5-6,8,11H2,1-2H3/t13-,16-/m0/s1. The number of carbonyl (C=O) groups is 2. The smallest absolute Gasteiger partial charge is 0.223 e. The largest absolute Gasteiger partial charge is 0.335 e. The molecule has 1 saturated heterocycles. The molecule has 126 valence electrons. The number of nitrogens with zero attached hydrogens (tertiary/aromatic N) is 4. The lowest BCUT2D eigenvalue weighted by molar-refractivity contribution is -0.132. The molecule has 0 spiro atoms. The first-order valence-corrected chi connectivity index (χ1v) is 8.26. The lowest BCUT2D eigenvalue weighted by Gasteiger charge is -2.24. The van der Waals surface area contributed by atoms with Crippen molar-refractivity contribution >= 4 is 11.7 Å². The minimum Gasteiger partial charge on any atom is -0.335 e. The number of carbonyl (C=O) groups excluding carboxylic acids is 2.